The third kappa shape index (κ3) is 4.99. The van der Waals surface area contributed by atoms with Crippen LogP contribution in [0.5, 0.6) is 0 Å². The highest BCUT2D eigenvalue weighted by molar-refractivity contribution is 5.64. The first-order valence-electron chi connectivity index (χ1n) is 5.55. The van der Waals surface area contributed by atoms with Crippen molar-refractivity contribution >= 4 is 6.09 Å². The Morgan fingerprint density at radius 2 is 2.07 bits per heavy atom. The van der Waals surface area contributed by atoms with E-state index < -0.39 is 6.09 Å². The SMILES string of the molecule is O=C(O)N[C@@H](CO)CCCN1CCCC1. The highest BCUT2D eigenvalue weighted by Crippen LogP contribution is 2.09. The molecule has 15 heavy (non-hydrogen) atoms. The number of likely N-dealkylation sites (tertiary alicyclic amines) is 1. The number of hydrogen-bond acceptors (Lipinski definition) is 3. The van der Waals surface area contributed by atoms with Crippen LogP contribution in [0.25, 0.3) is 0 Å². The van der Waals surface area contributed by atoms with Crippen LogP contribution in [0.15, 0.2) is 0 Å². The van der Waals surface area contributed by atoms with E-state index in [1.165, 1.54) is 12.8 Å². The zero-order chi connectivity index (χ0) is 11.1. The van der Waals surface area contributed by atoms with Gasteiger partial charge in [0.2, 0.25) is 0 Å². The van der Waals surface area contributed by atoms with Crippen molar-refractivity contribution in [1.82, 2.24) is 10.2 Å². The zero-order valence-electron chi connectivity index (χ0n) is 8.98. The molecule has 88 valence electrons. The minimum atomic E-state index is -1.06. The fourth-order valence-corrected chi connectivity index (χ4v) is 1.95. The number of carbonyl (C=O) groups is 1. The number of carboxylic acid groups (broad SMARTS) is 1. The monoisotopic (exact) mass is 216 g/mol. The van der Waals surface area contributed by atoms with Gasteiger partial charge in [0.15, 0.2) is 0 Å². The van der Waals surface area contributed by atoms with Gasteiger partial charge in [-0.15, -0.1) is 0 Å². The van der Waals surface area contributed by atoms with E-state index >= 15 is 0 Å². The van der Waals surface area contributed by atoms with Crippen molar-refractivity contribution < 1.29 is 15.0 Å². The number of aliphatic hydroxyl groups excluding tert-OH is 1. The smallest absolute Gasteiger partial charge is 0.404 e. The van der Waals surface area contributed by atoms with Gasteiger partial charge in [-0.1, -0.05) is 0 Å². The molecular formula is C10H20N2O3. The van der Waals surface area contributed by atoms with Crippen LogP contribution in [-0.2, 0) is 0 Å². The molecule has 0 aromatic rings. The molecule has 0 bridgehead atoms. The highest BCUT2D eigenvalue weighted by Gasteiger charge is 2.13. The largest absolute Gasteiger partial charge is 0.465 e. The van der Waals surface area contributed by atoms with Gasteiger partial charge in [-0.2, -0.15) is 0 Å². The summed E-state index contributed by atoms with van der Waals surface area (Å²) in [5.41, 5.74) is 0. The van der Waals surface area contributed by atoms with Crippen LogP contribution in [0.2, 0.25) is 0 Å². The van der Waals surface area contributed by atoms with Crippen LogP contribution in [-0.4, -0.2) is 53.5 Å². The van der Waals surface area contributed by atoms with Gasteiger partial charge < -0.3 is 20.4 Å². The Labute approximate surface area is 90.1 Å². The van der Waals surface area contributed by atoms with Crippen molar-refractivity contribution in [2.45, 2.75) is 31.7 Å². The molecule has 1 aliphatic heterocycles. The zero-order valence-corrected chi connectivity index (χ0v) is 8.98. The van der Waals surface area contributed by atoms with E-state index in [0.29, 0.717) is 6.42 Å². The Hall–Kier alpha value is -0.810. The van der Waals surface area contributed by atoms with E-state index in [1.807, 2.05) is 0 Å². The second-order valence-corrected chi connectivity index (χ2v) is 4.02. The van der Waals surface area contributed by atoms with Crippen LogP contribution in [0.4, 0.5) is 4.79 Å². The van der Waals surface area contributed by atoms with Crippen molar-refractivity contribution in [1.29, 1.82) is 0 Å². The standard InChI is InChI=1S/C10H20N2O3/c13-8-9(11-10(14)15)4-3-7-12-5-1-2-6-12/h9,11,13H,1-8H2,(H,14,15)/t9-/m1/s1. The lowest BCUT2D eigenvalue weighted by Crippen LogP contribution is -2.37. The van der Waals surface area contributed by atoms with E-state index in [4.69, 9.17) is 10.2 Å². The van der Waals surface area contributed by atoms with Gasteiger partial charge >= 0.3 is 6.09 Å². The summed E-state index contributed by atoms with van der Waals surface area (Å²) in [6.07, 6.45) is 3.13. The summed E-state index contributed by atoms with van der Waals surface area (Å²) < 4.78 is 0. The molecule has 1 amide bonds. The van der Waals surface area contributed by atoms with E-state index in [1.54, 1.807) is 0 Å². The lowest BCUT2D eigenvalue weighted by atomic mass is 10.1. The number of amides is 1. The van der Waals surface area contributed by atoms with Gasteiger partial charge in [0, 0.05) is 0 Å². The van der Waals surface area contributed by atoms with Gasteiger partial charge in [0.25, 0.3) is 0 Å². The molecular weight excluding hydrogens is 196 g/mol. The predicted molar refractivity (Wildman–Crippen MR) is 56.9 cm³/mol. The lowest BCUT2D eigenvalue weighted by molar-refractivity contribution is 0.173. The summed E-state index contributed by atoms with van der Waals surface area (Å²) in [7, 11) is 0. The van der Waals surface area contributed by atoms with Gasteiger partial charge in [0.05, 0.1) is 12.6 Å². The maximum absolute atomic E-state index is 10.4. The summed E-state index contributed by atoms with van der Waals surface area (Å²) >= 11 is 0. The molecule has 0 unspecified atom stereocenters. The van der Waals surface area contributed by atoms with Gasteiger partial charge in [-0.3, -0.25) is 0 Å². The summed E-state index contributed by atoms with van der Waals surface area (Å²) in [5, 5.41) is 19.7. The Morgan fingerprint density at radius 1 is 1.40 bits per heavy atom. The van der Waals surface area contributed by atoms with Crippen LogP contribution >= 0.6 is 0 Å². The average Bonchev–Trinajstić information content (AvgIpc) is 2.68. The van der Waals surface area contributed by atoms with E-state index in [9.17, 15) is 4.79 Å². The summed E-state index contributed by atoms with van der Waals surface area (Å²) in [6, 6.07) is -0.315. The summed E-state index contributed by atoms with van der Waals surface area (Å²) in [4.78, 5) is 12.7. The molecule has 0 aromatic heterocycles. The fourth-order valence-electron chi connectivity index (χ4n) is 1.95. The second kappa shape index (κ2) is 6.63. The van der Waals surface area contributed by atoms with Crippen molar-refractivity contribution in [3.05, 3.63) is 0 Å². The summed E-state index contributed by atoms with van der Waals surface area (Å²) in [5.74, 6) is 0. The van der Waals surface area contributed by atoms with Crippen LogP contribution in [0.1, 0.15) is 25.7 Å². The van der Waals surface area contributed by atoms with Gasteiger partial charge in [-0.05, 0) is 45.3 Å². The van der Waals surface area contributed by atoms with Gasteiger partial charge in [0.1, 0.15) is 0 Å². The number of nitrogens with one attached hydrogen (secondary N) is 1. The molecule has 3 N–H and O–H groups in total. The Kier molecular flexibility index (Phi) is 5.42. The minimum Gasteiger partial charge on any atom is -0.465 e. The molecule has 0 radical (unpaired) electrons. The topological polar surface area (TPSA) is 72.8 Å². The maximum atomic E-state index is 10.4. The molecule has 1 saturated heterocycles. The van der Waals surface area contributed by atoms with Gasteiger partial charge in [-0.25, -0.2) is 4.79 Å². The molecule has 1 fully saturated rings. The van der Waals surface area contributed by atoms with Crippen LogP contribution < -0.4 is 5.32 Å². The van der Waals surface area contributed by atoms with E-state index in [2.05, 4.69) is 10.2 Å². The third-order valence-electron chi connectivity index (χ3n) is 2.77. The van der Waals surface area contributed by atoms with Crippen LogP contribution in [0, 0.1) is 0 Å². The third-order valence-corrected chi connectivity index (χ3v) is 2.77. The lowest BCUT2D eigenvalue weighted by Gasteiger charge is -2.17. The first kappa shape index (κ1) is 12.3. The Bertz CT molecular complexity index is 193. The molecule has 5 heteroatoms. The fraction of sp³-hybridized carbons (Fsp3) is 0.900. The van der Waals surface area contributed by atoms with Crippen molar-refractivity contribution in [2.75, 3.05) is 26.2 Å². The molecule has 1 aliphatic rings. The average molecular weight is 216 g/mol. The number of hydrogen-bond donors (Lipinski definition) is 3. The van der Waals surface area contributed by atoms with Crippen LogP contribution in [0.3, 0.4) is 0 Å². The maximum Gasteiger partial charge on any atom is 0.404 e. The predicted octanol–water partition coefficient (Wildman–Crippen LogP) is 0.491. The number of nitrogens with zero attached hydrogens (tertiary/aromatic N) is 1. The molecule has 0 aromatic carbocycles. The quantitative estimate of drug-likeness (QED) is 0.604. The number of rotatable bonds is 6. The first-order chi connectivity index (χ1) is 7.22. The first-order valence-corrected chi connectivity index (χ1v) is 5.55. The molecule has 0 spiro atoms. The molecule has 1 atom stereocenters. The summed E-state index contributed by atoms with van der Waals surface area (Å²) in [6.45, 7) is 3.22. The molecule has 1 rings (SSSR count). The molecule has 0 aliphatic carbocycles. The minimum absolute atomic E-state index is 0.119. The molecule has 1 heterocycles. The number of aliphatic hydroxyl groups is 1. The van der Waals surface area contributed by atoms with Crippen molar-refractivity contribution in [3.63, 3.8) is 0 Å². The normalized spacial score (nSPS) is 19.0. The van der Waals surface area contributed by atoms with Crippen molar-refractivity contribution in [3.8, 4) is 0 Å². The Morgan fingerprint density at radius 3 is 2.60 bits per heavy atom. The molecule has 0 saturated carbocycles. The van der Waals surface area contributed by atoms with E-state index in [-0.39, 0.29) is 12.6 Å². The molecule has 5 nitrogen and oxygen atoms in total. The van der Waals surface area contributed by atoms with Crippen molar-refractivity contribution in [2.24, 2.45) is 0 Å². The van der Waals surface area contributed by atoms with E-state index in [0.717, 1.165) is 26.1 Å². The highest BCUT2D eigenvalue weighted by atomic mass is 16.4. The Balaban J connectivity index is 2.07. The second-order valence-electron chi connectivity index (χ2n) is 4.02.